The summed E-state index contributed by atoms with van der Waals surface area (Å²) in [7, 11) is 0. The number of ether oxygens (including phenoxy) is 2. The van der Waals surface area contributed by atoms with Crippen molar-refractivity contribution in [3.05, 3.63) is 40.7 Å². The van der Waals surface area contributed by atoms with Gasteiger partial charge in [-0.15, -0.1) is 0 Å². The summed E-state index contributed by atoms with van der Waals surface area (Å²) in [6, 6.07) is 5.81. The van der Waals surface area contributed by atoms with Crippen LogP contribution in [-0.2, 0) is 6.54 Å². The van der Waals surface area contributed by atoms with Gasteiger partial charge in [0.05, 0.1) is 17.8 Å². The molecule has 0 spiro atoms. The molecule has 2 aromatic rings. The van der Waals surface area contributed by atoms with Crippen molar-refractivity contribution in [1.29, 1.82) is 0 Å². The third-order valence-electron chi connectivity index (χ3n) is 3.32. The Kier molecular flexibility index (Phi) is 2.74. The van der Waals surface area contributed by atoms with Gasteiger partial charge < -0.3 is 9.47 Å². The fourth-order valence-electron chi connectivity index (χ4n) is 2.25. The monoisotopic (exact) mass is 258 g/mol. The van der Waals surface area contributed by atoms with E-state index < -0.39 is 0 Å². The van der Waals surface area contributed by atoms with Crippen molar-refractivity contribution >= 4 is 6.29 Å². The summed E-state index contributed by atoms with van der Waals surface area (Å²) in [5, 5.41) is 4.38. The van der Waals surface area contributed by atoms with Crippen LogP contribution in [0.15, 0.2) is 18.2 Å². The molecule has 0 aliphatic carbocycles. The first-order valence-electron chi connectivity index (χ1n) is 6.07. The van der Waals surface area contributed by atoms with E-state index in [9.17, 15) is 4.79 Å². The Morgan fingerprint density at radius 1 is 1.32 bits per heavy atom. The Labute approximate surface area is 110 Å². The molecule has 5 nitrogen and oxygen atoms in total. The van der Waals surface area contributed by atoms with Crippen LogP contribution in [0.5, 0.6) is 11.5 Å². The van der Waals surface area contributed by atoms with E-state index in [0.717, 1.165) is 34.7 Å². The molecule has 0 N–H and O–H groups in total. The van der Waals surface area contributed by atoms with Crippen LogP contribution in [0.4, 0.5) is 0 Å². The highest BCUT2D eigenvalue weighted by molar-refractivity contribution is 5.78. The SMILES string of the molecule is Cc1nn(Cc2ccc3c(c2)OCO3)c(C)c1C=O. The molecule has 0 saturated carbocycles. The fraction of sp³-hybridized carbons (Fsp3) is 0.286. The molecule has 0 fully saturated rings. The normalized spacial score (nSPS) is 12.7. The Bertz CT molecular complexity index is 646. The van der Waals surface area contributed by atoms with Crippen molar-refractivity contribution in [2.24, 2.45) is 0 Å². The number of hydrogen-bond donors (Lipinski definition) is 0. The van der Waals surface area contributed by atoms with Gasteiger partial charge in [-0.25, -0.2) is 0 Å². The van der Waals surface area contributed by atoms with E-state index in [1.807, 2.05) is 36.7 Å². The summed E-state index contributed by atoms with van der Waals surface area (Å²) in [5.41, 5.74) is 3.37. The van der Waals surface area contributed by atoms with E-state index in [4.69, 9.17) is 9.47 Å². The van der Waals surface area contributed by atoms with E-state index in [2.05, 4.69) is 5.10 Å². The number of carbonyl (C=O) groups excluding carboxylic acids is 1. The van der Waals surface area contributed by atoms with Gasteiger partial charge in [0.15, 0.2) is 17.8 Å². The minimum Gasteiger partial charge on any atom is -0.454 e. The van der Waals surface area contributed by atoms with E-state index in [1.165, 1.54) is 0 Å². The zero-order valence-corrected chi connectivity index (χ0v) is 10.8. The molecule has 3 rings (SSSR count). The highest BCUT2D eigenvalue weighted by atomic mass is 16.7. The minimum atomic E-state index is 0.272. The Balaban J connectivity index is 1.91. The molecule has 2 heterocycles. The number of nitrogens with zero attached hydrogens (tertiary/aromatic N) is 2. The zero-order chi connectivity index (χ0) is 13.4. The van der Waals surface area contributed by atoms with Gasteiger partial charge in [-0.05, 0) is 31.5 Å². The Hall–Kier alpha value is -2.30. The Morgan fingerprint density at radius 2 is 2.11 bits per heavy atom. The van der Waals surface area contributed by atoms with Crippen LogP contribution in [-0.4, -0.2) is 22.9 Å². The van der Waals surface area contributed by atoms with Crippen LogP contribution in [0.2, 0.25) is 0 Å². The fourth-order valence-corrected chi connectivity index (χ4v) is 2.25. The van der Waals surface area contributed by atoms with Gasteiger partial charge in [0.2, 0.25) is 6.79 Å². The van der Waals surface area contributed by atoms with Crippen LogP contribution in [0, 0.1) is 13.8 Å². The number of fused-ring (bicyclic) bond motifs is 1. The maximum atomic E-state index is 11.0. The lowest BCUT2D eigenvalue weighted by Gasteiger charge is -2.05. The number of benzene rings is 1. The first kappa shape index (κ1) is 11.8. The number of rotatable bonds is 3. The van der Waals surface area contributed by atoms with Crippen molar-refractivity contribution in [3.63, 3.8) is 0 Å². The molecule has 0 saturated heterocycles. The van der Waals surface area contributed by atoms with Crippen LogP contribution >= 0.6 is 0 Å². The third-order valence-corrected chi connectivity index (χ3v) is 3.32. The summed E-state index contributed by atoms with van der Waals surface area (Å²) in [6.45, 7) is 4.62. The van der Waals surface area contributed by atoms with Crippen molar-refractivity contribution in [2.75, 3.05) is 6.79 Å². The summed E-state index contributed by atoms with van der Waals surface area (Å²) >= 11 is 0. The van der Waals surface area contributed by atoms with E-state index in [-0.39, 0.29) is 6.79 Å². The molecule has 0 bridgehead atoms. The molecule has 98 valence electrons. The summed E-state index contributed by atoms with van der Waals surface area (Å²) in [6.07, 6.45) is 0.855. The molecule has 1 aliphatic rings. The lowest BCUT2D eigenvalue weighted by molar-refractivity contribution is 0.112. The predicted molar refractivity (Wildman–Crippen MR) is 68.8 cm³/mol. The standard InChI is InChI=1S/C14H14N2O3/c1-9-12(7-17)10(2)16(15-9)6-11-3-4-13-14(5-11)19-8-18-13/h3-5,7H,6,8H2,1-2H3. The molecule has 0 amide bonds. The van der Waals surface area contributed by atoms with Gasteiger partial charge in [-0.3, -0.25) is 9.48 Å². The van der Waals surface area contributed by atoms with Crippen LogP contribution in [0.25, 0.3) is 0 Å². The van der Waals surface area contributed by atoms with Crippen molar-refractivity contribution in [3.8, 4) is 11.5 Å². The number of hydrogen-bond acceptors (Lipinski definition) is 4. The first-order valence-corrected chi connectivity index (χ1v) is 6.07. The average molecular weight is 258 g/mol. The lowest BCUT2D eigenvalue weighted by atomic mass is 10.2. The number of aldehydes is 1. The Morgan fingerprint density at radius 3 is 2.84 bits per heavy atom. The molecule has 5 heteroatoms. The number of aryl methyl sites for hydroxylation is 1. The van der Waals surface area contributed by atoms with Gasteiger partial charge in [-0.2, -0.15) is 5.10 Å². The third kappa shape index (κ3) is 1.97. The van der Waals surface area contributed by atoms with Gasteiger partial charge in [0.1, 0.15) is 0 Å². The molecular formula is C14H14N2O3. The molecule has 0 radical (unpaired) electrons. The average Bonchev–Trinajstić information content (AvgIpc) is 2.95. The van der Waals surface area contributed by atoms with E-state index in [0.29, 0.717) is 12.1 Å². The molecule has 0 unspecified atom stereocenters. The van der Waals surface area contributed by atoms with Crippen molar-refractivity contribution in [2.45, 2.75) is 20.4 Å². The summed E-state index contributed by atoms with van der Waals surface area (Å²) in [4.78, 5) is 11.0. The molecule has 1 aliphatic heterocycles. The summed E-state index contributed by atoms with van der Waals surface area (Å²) in [5.74, 6) is 1.53. The molecule has 0 atom stereocenters. The smallest absolute Gasteiger partial charge is 0.231 e. The van der Waals surface area contributed by atoms with Crippen LogP contribution in [0.3, 0.4) is 0 Å². The van der Waals surface area contributed by atoms with Crippen LogP contribution in [0.1, 0.15) is 27.3 Å². The first-order chi connectivity index (χ1) is 9.19. The molecular weight excluding hydrogens is 244 g/mol. The maximum absolute atomic E-state index is 11.0. The van der Waals surface area contributed by atoms with Gasteiger partial charge >= 0.3 is 0 Å². The highest BCUT2D eigenvalue weighted by Gasteiger charge is 2.15. The quantitative estimate of drug-likeness (QED) is 0.791. The minimum absolute atomic E-state index is 0.272. The van der Waals surface area contributed by atoms with Crippen molar-refractivity contribution < 1.29 is 14.3 Å². The number of carbonyl (C=O) groups is 1. The van der Waals surface area contributed by atoms with Crippen LogP contribution < -0.4 is 9.47 Å². The second-order valence-electron chi connectivity index (χ2n) is 4.55. The van der Waals surface area contributed by atoms with Gasteiger partial charge in [-0.1, -0.05) is 6.07 Å². The largest absolute Gasteiger partial charge is 0.454 e. The second kappa shape index (κ2) is 4.42. The topological polar surface area (TPSA) is 53.4 Å². The lowest BCUT2D eigenvalue weighted by Crippen LogP contribution is -2.04. The number of aromatic nitrogens is 2. The second-order valence-corrected chi connectivity index (χ2v) is 4.55. The van der Waals surface area contributed by atoms with Gasteiger partial charge in [0.25, 0.3) is 0 Å². The van der Waals surface area contributed by atoms with Gasteiger partial charge in [0, 0.05) is 5.69 Å². The highest BCUT2D eigenvalue weighted by Crippen LogP contribution is 2.32. The molecule has 1 aromatic carbocycles. The zero-order valence-electron chi connectivity index (χ0n) is 10.8. The predicted octanol–water partition coefficient (Wildman–Crippen LogP) is 2.09. The van der Waals surface area contributed by atoms with E-state index >= 15 is 0 Å². The molecule has 1 aromatic heterocycles. The molecule has 19 heavy (non-hydrogen) atoms. The summed E-state index contributed by atoms with van der Waals surface area (Å²) < 4.78 is 12.5. The van der Waals surface area contributed by atoms with Crippen molar-refractivity contribution in [1.82, 2.24) is 9.78 Å². The van der Waals surface area contributed by atoms with E-state index in [1.54, 1.807) is 0 Å². The maximum Gasteiger partial charge on any atom is 0.231 e.